The normalized spacial score (nSPS) is 23.2. The van der Waals surface area contributed by atoms with E-state index < -0.39 is 0 Å². The summed E-state index contributed by atoms with van der Waals surface area (Å²) in [6, 6.07) is 0.181. The second-order valence-corrected chi connectivity index (χ2v) is 5.92. The first-order valence-electron chi connectivity index (χ1n) is 6.57. The van der Waals surface area contributed by atoms with Crippen molar-refractivity contribution in [1.29, 1.82) is 0 Å². The number of hydrogen-bond acceptors (Lipinski definition) is 5. The Hall–Kier alpha value is -1.01. The Labute approximate surface area is 111 Å². The number of amides is 1. The summed E-state index contributed by atoms with van der Waals surface area (Å²) in [5.41, 5.74) is 5.96. The van der Waals surface area contributed by atoms with Gasteiger partial charge in [0, 0.05) is 18.9 Å². The molecule has 1 heterocycles. The SMILES string of the molecule is CCCc1nnc(NC(=O)C[C@@H]2CCC[C@H]2N)s1. The first-order valence-corrected chi connectivity index (χ1v) is 7.38. The minimum atomic E-state index is 0.0107. The third-order valence-corrected chi connectivity index (χ3v) is 4.24. The molecule has 0 aromatic carbocycles. The van der Waals surface area contributed by atoms with Gasteiger partial charge in [0.15, 0.2) is 0 Å². The van der Waals surface area contributed by atoms with Crippen LogP contribution in [0.2, 0.25) is 0 Å². The fraction of sp³-hybridized carbons (Fsp3) is 0.750. The highest BCUT2D eigenvalue weighted by Gasteiger charge is 2.26. The highest BCUT2D eigenvalue weighted by molar-refractivity contribution is 7.15. The summed E-state index contributed by atoms with van der Waals surface area (Å²) >= 11 is 1.46. The van der Waals surface area contributed by atoms with Crippen molar-refractivity contribution in [3.8, 4) is 0 Å². The van der Waals surface area contributed by atoms with Crippen LogP contribution in [0.25, 0.3) is 0 Å². The molecule has 1 aliphatic carbocycles. The predicted octanol–water partition coefficient (Wildman–Crippen LogP) is 1.95. The molecule has 18 heavy (non-hydrogen) atoms. The van der Waals surface area contributed by atoms with Gasteiger partial charge in [0.2, 0.25) is 11.0 Å². The van der Waals surface area contributed by atoms with Gasteiger partial charge < -0.3 is 11.1 Å². The lowest BCUT2D eigenvalue weighted by Gasteiger charge is -2.13. The van der Waals surface area contributed by atoms with Crippen molar-refractivity contribution in [2.24, 2.45) is 11.7 Å². The monoisotopic (exact) mass is 268 g/mol. The number of aromatic nitrogens is 2. The van der Waals surface area contributed by atoms with E-state index in [2.05, 4.69) is 22.4 Å². The van der Waals surface area contributed by atoms with Crippen molar-refractivity contribution < 1.29 is 4.79 Å². The van der Waals surface area contributed by atoms with E-state index in [1.54, 1.807) is 0 Å². The molecular weight excluding hydrogens is 248 g/mol. The van der Waals surface area contributed by atoms with Crippen LogP contribution in [-0.4, -0.2) is 22.1 Å². The van der Waals surface area contributed by atoms with Gasteiger partial charge in [0.1, 0.15) is 5.01 Å². The van der Waals surface area contributed by atoms with Crippen LogP contribution in [0.3, 0.4) is 0 Å². The zero-order valence-electron chi connectivity index (χ0n) is 10.7. The van der Waals surface area contributed by atoms with Crippen LogP contribution in [0.4, 0.5) is 5.13 Å². The Morgan fingerprint density at radius 2 is 2.33 bits per heavy atom. The molecule has 100 valence electrons. The minimum absolute atomic E-state index is 0.0107. The highest BCUT2D eigenvalue weighted by atomic mass is 32.1. The van der Waals surface area contributed by atoms with Crippen LogP contribution in [0.5, 0.6) is 0 Å². The van der Waals surface area contributed by atoms with Gasteiger partial charge in [-0.05, 0) is 25.2 Å². The maximum absolute atomic E-state index is 11.9. The predicted molar refractivity (Wildman–Crippen MR) is 72.5 cm³/mol. The van der Waals surface area contributed by atoms with E-state index in [1.807, 2.05) is 0 Å². The van der Waals surface area contributed by atoms with Crippen LogP contribution < -0.4 is 11.1 Å². The summed E-state index contributed by atoms with van der Waals surface area (Å²) < 4.78 is 0. The van der Waals surface area contributed by atoms with E-state index in [4.69, 9.17) is 5.73 Å². The summed E-state index contributed by atoms with van der Waals surface area (Å²) in [6.07, 6.45) is 5.70. The van der Waals surface area contributed by atoms with E-state index in [9.17, 15) is 4.79 Å². The number of nitrogens with one attached hydrogen (secondary N) is 1. The highest BCUT2D eigenvalue weighted by Crippen LogP contribution is 2.27. The fourth-order valence-corrected chi connectivity index (χ4v) is 3.20. The first-order chi connectivity index (χ1) is 8.69. The lowest BCUT2D eigenvalue weighted by atomic mass is 10.00. The Morgan fingerprint density at radius 1 is 1.50 bits per heavy atom. The number of anilines is 1. The van der Waals surface area contributed by atoms with E-state index in [-0.39, 0.29) is 11.9 Å². The second-order valence-electron chi connectivity index (χ2n) is 4.86. The molecule has 0 spiro atoms. The van der Waals surface area contributed by atoms with E-state index in [0.29, 0.717) is 17.5 Å². The maximum atomic E-state index is 11.9. The average Bonchev–Trinajstić information content (AvgIpc) is 2.90. The smallest absolute Gasteiger partial charge is 0.226 e. The number of nitrogens with zero attached hydrogens (tertiary/aromatic N) is 2. The van der Waals surface area contributed by atoms with Gasteiger partial charge in [0.05, 0.1) is 0 Å². The van der Waals surface area contributed by atoms with E-state index in [1.165, 1.54) is 11.3 Å². The van der Waals surface area contributed by atoms with Gasteiger partial charge in [-0.25, -0.2) is 0 Å². The van der Waals surface area contributed by atoms with Crippen LogP contribution in [0.1, 0.15) is 44.0 Å². The van der Waals surface area contributed by atoms with Crippen molar-refractivity contribution in [1.82, 2.24) is 10.2 Å². The molecule has 0 bridgehead atoms. The minimum Gasteiger partial charge on any atom is -0.327 e. The number of aryl methyl sites for hydroxylation is 1. The van der Waals surface area contributed by atoms with Gasteiger partial charge in [-0.3, -0.25) is 4.79 Å². The first kappa shape index (κ1) is 13.4. The number of carbonyl (C=O) groups excluding carboxylic acids is 1. The molecule has 1 aliphatic rings. The van der Waals surface area contributed by atoms with Gasteiger partial charge in [-0.15, -0.1) is 10.2 Å². The number of rotatable bonds is 5. The fourth-order valence-electron chi connectivity index (χ4n) is 2.35. The lowest BCUT2D eigenvalue weighted by Crippen LogP contribution is -2.28. The number of nitrogens with two attached hydrogens (primary N) is 1. The molecule has 2 rings (SSSR count). The van der Waals surface area contributed by atoms with Crippen LogP contribution in [-0.2, 0) is 11.2 Å². The van der Waals surface area contributed by atoms with Crippen molar-refractivity contribution in [2.75, 3.05) is 5.32 Å². The molecule has 2 atom stereocenters. The summed E-state index contributed by atoms with van der Waals surface area (Å²) in [5.74, 6) is 0.338. The number of hydrogen-bond donors (Lipinski definition) is 2. The lowest BCUT2D eigenvalue weighted by molar-refractivity contribution is -0.117. The average molecular weight is 268 g/mol. The van der Waals surface area contributed by atoms with Gasteiger partial charge in [-0.2, -0.15) is 0 Å². The second kappa shape index (κ2) is 6.24. The Bertz CT molecular complexity index is 407. The Balaban J connectivity index is 1.82. The molecule has 1 aromatic rings. The molecule has 0 radical (unpaired) electrons. The largest absolute Gasteiger partial charge is 0.327 e. The summed E-state index contributed by atoms with van der Waals surface area (Å²) in [7, 11) is 0. The van der Waals surface area contributed by atoms with Gasteiger partial charge in [-0.1, -0.05) is 24.7 Å². The van der Waals surface area contributed by atoms with Crippen LogP contribution in [0, 0.1) is 5.92 Å². The topological polar surface area (TPSA) is 80.9 Å². The van der Waals surface area contributed by atoms with Gasteiger partial charge >= 0.3 is 0 Å². The van der Waals surface area contributed by atoms with E-state index >= 15 is 0 Å². The maximum Gasteiger partial charge on any atom is 0.226 e. The molecule has 1 aromatic heterocycles. The molecule has 0 unspecified atom stereocenters. The molecule has 1 amide bonds. The summed E-state index contributed by atoms with van der Waals surface area (Å²) in [5, 5.41) is 12.4. The number of carbonyl (C=O) groups is 1. The molecule has 1 fully saturated rings. The van der Waals surface area contributed by atoms with Crippen molar-refractivity contribution >= 4 is 22.4 Å². The third-order valence-electron chi connectivity index (χ3n) is 3.34. The summed E-state index contributed by atoms with van der Waals surface area (Å²) in [4.78, 5) is 11.9. The molecular formula is C12H20N4OS. The zero-order valence-corrected chi connectivity index (χ0v) is 11.5. The van der Waals surface area contributed by atoms with Crippen molar-refractivity contribution in [2.45, 2.75) is 51.5 Å². The standard InChI is InChI=1S/C12H20N4OS/c1-2-4-11-15-16-12(18-11)14-10(17)7-8-5-3-6-9(8)13/h8-9H,2-7,13H2,1H3,(H,14,16,17)/t8-,9+/m0/s1. The zero-order chi connectivity index (χ0) is 13.0. The molecule has 6 heteroatoms. The molecule has 3 N–H and O–H groups in total. The molecule has 0 saturated heterocycles. The van der Waals surface area contributed by atoms with Crippen LogP contribution in [0.15, 0.2) is 0 Å². The van der Waals surface area contributed by atoms with Crippen molar-refractivity contribution in [3.63, 3.8) is 0 Å². The Kier molecular flexibility index (Phi) is 4.66. The van der Waals surface area contributed by atoms with Crippen molar-refractivity contribution in [3.05, 3.63) is 5.01 Å². The molecule has 0 aliphatic heterocycles. The third kappa shape index (κ3) is 3.49. The summed E-state index contributed by atoms with van der Waals surface area (Å²) in [6.45, 7) is 2.10. The van der Waals surface area contributed by atoms with E-state index in [0.717, 1.165) is 37.1 Å². The van der Waals surface area contributed by atoms with Gasteiger partial charge in [0.25, 0.3) is 0 Å². The molecule has 5 nitrogen and oxygen atoms in total. The molecule has 1 saturated carbocycles. The van der Waals surface area contributed by atoms with Crippen LogP contribution >= 0.6 is 11.3 Å². The Morgan fingerprint density at radius 3 is 3.00 bits per heavy atom. The quantitative estimate of drug-likeness (QED) is 0.855.